The van der Waals surface area contributed by atoms with Crippen LogP contribution in [0.1, 0.15) is 38.8 Å². The van der Waals surface area contributed by atoms with E-state index < -0.39 is 17.8 Å². The molecule has 1 aromatic rings. The molecule has 2 N–H and O–H groups in total. The van der Waals surface area contributed by atoms with Gasteiger partial charge in [0.05, 0.1) is 5.54 Å². The number of carbonyl (C=O) groups excluding carboxylic acids is 2. The molecule has 2 aliphatic heterocycles. The highest BCUT2D eigenvalue weighted by Gasteiger charge is 2.31. The van der Waals surface area contributed by atoms with Gasteiger partial charge in [0.2, 0.25) is 0 Å². The molecule has 24 heavy (non-hydrogen) atoms. The van der Waals surface area contributed by atoms with Crippen molar-refractivity contribution in [3.05, 3.63) is 40.8 Å². The summed E-state index contributed by atoms with van der Waals surface area (Å²) < 4.78 is 14.6. The minimum Gasteiger partial charge on any atom is -0.363 e. The molecule has 0 saturated carbocycles. The first-order valence-corrected chi connectivity index (χ1v) is 7.88. The highest BCUT2D eigenvalue weighted by atomic mass is 19.1. The molecule has 2 aliphatic rings. The predicted octanol–water partition coefficient (Wildman–Crippen LogP) is 3.03. The molecule has 5 nitrogen and oxygen atoms in total. The molecule has 1 saturated heterocycles. The van der Waals surface area contributed by atoms with Crippen LogP contribution in [0.5, 0.6) is 0 Å². The largest absolute Gasteiger partial charge is 0.363 e. The molecule has 0 radical (unpaired) electrons. The van der Waals surface area contributed by atoms with Crippen molar-refractivity contribution in [2.45, 2.75) is 33.2 Å². The lowest BCUT2D eigenvalue weighted by atomic mass is 9.88. The summed E-state index contributed by atoms with van der Waals surface area (Å²) in [6, 6.07) is 2.62. The normalized spacial score (nSPS) is 20.6. The molecule has 6 heteroatoms. The number of imide groups is 1. The lowest BCUT2D eigenvalue weighted by Gasteiger charge is -2.42. The van der Waals surface area contributed by atoms with Crippen LogP contribution in [0, 0.1) is 5.82 Å². The zero-order valence-electron chi connectivity index (χ0n) is 14.2. The van der Waals surface area contributed by atoms with Crippen LogP contribution in [0.4, 0.5) is 14.9 Å². The molecule has 1 fully saturated rings. The summed E-state index contributed by atoms with van der Waals surface area (Å²) in [5.74, 6) is -0.986. The second-order valence-electron chi connectivity index (χ2n) is 6.58. The van der Waals surface area contributed by atoms with E-state index in [0.717, 1.165) is 23.4 Å². The summed E-state index contributed by atoms with van der Waals surface area (Å²) in [6.45, 7) is 8.96. The molecule has 0 aromatic heterocycles. The van der Waals surface area contributed by atoms with E-state index in [1.165, 1.54) is 12.1 Å². The first-order chi connectivity index (χ1) is 11.2. The summed E-state index contributed by atoms with van der Waals surface area (Å²) in [5, 5.41) is 4.48. The Morgan fingerprint density at radius 3 is 2.54 bits per heavy atom. The topological polar surface area (TPSA) is 61.4 Å². The SMILES string of the molecule is CCN1c2cc(F)c(/C=C3\NC(=O)NC3=O)cc2C(C)=CC1(C)C. The molecular weight excluding hydrogens is 309 g/mol. The first-order valence-electron chi connectivity index (χ1n) is 7.88. The van der Waals surface area contributed by atoms with Crippen molar-refractivity contribution in [1.29, 1.82) is 0 Å². The van der Waals surface area contributed by atoms with Crippen molar-refractivity contribution in [2.24, 2.45) is 0 Å². The molecule has 3 rings (SSSR count). The van der Waals surface area contributed by atoms with Crippen LogP contribution in [-0.4, -0.2) is 24.0 Å². The molecule has 0 unspecified atom stereocenters. The standard InChI is InChI=1S/C18H20FN3O2/c1-5-22-15-8-13(19)11(7-14-16(23)21-17(24)20-14)6-12(15)10(2)9-18(22,3)4/h6-9H,5H2,1-4H3,(H2,20,21,23,24)/b14-7-. The molecule has 2 heterocycles. The van der Waals surface area contributed by atoms with E-state index in [-0.39, 0.29) is 16.8 Å². The van der Waals surface area contributed by atoms with E-state index in [9.17, 15) is 14.0 Å². The van der Waals surface area contributed by atoms with Gasteiger partial charge in [-0.1, -0.05) is 6.08 Å². The number of rotatable bonds is 2. The second kappa shape index (κ2) is 5.47. The predicted molar refractivity (Wildman–Crippen MR) is 91.8 cm³/mol. The van der Waals surface area contributed by atoms with Crippen molar-refractivity contribution >= 4 is 29.3 Å². The van der Waals surface area contributed by atoms with Crippen LogP contribution in [0.2, 0.25) is 0 Å². The van der Waals surface area contributed by atoms with E-state index in [0.29, 0.717) is 0 Å². The van der Waals surface area contributed by atoms with E-state index >= 15 is 0 Å². The van der Waals surface area contributed by atoms with Crippen molar-refractivity contribution in [3.8, 4) is 0 Å². The third-order valence-electron chi connectivity index (χ3n) is 4.43. The zero-order chi connectivity index (χ0) is 17.6. The molecule has 0 spiro atoms. The summed E-state index contributed by atoms with van der Waals surface area (Å²) in [5.41, 5.74) is 2.93. The van der Waals surface area contributed by atoms with Crippen LogP contribution in [0.25, 0.3) is 11.6 Å². The number of halogens is 1. The van der Waals surface area contributed by atoms with Gasteiger partial charge in [0.25, 0.3) is 5.91 Å². The first kappa shape index (κ1) is 16.2. The van der Waals surface area contributed by atoms with Gasteiger partial charge in [0.1, 0.15) is 11.5 Å². The van der Waals surface area contributed by atoms with Gasteiger partial charge in [-0.05, 0) is 51.5 Å². The fraction of sp³-hybridized carbons (Fsp3) is 0.333. The molecular formula is C18H20FN3O2. The van der Waals surface area contributed by atoms with Crippen molar-refractivity contribution in [3.63, 3.8) is 0 Å². The number of likely N-dealkylation sites (N-methyl/N-ethyl adjacent to an activating group) is 1. The average Bonchev–Trinajstić information content (AvgIpc) is 2.78. The molecule has 0 aliphatic carbocycles. The lowest BCUT2D eigenvalue weighted by molar-refractivity contribution is -0.115. The Balaban J connectivity index is 2.11. The molecule has 0 atom stereocenters. The third-order valence-corrected chi connectivity index (χ3v) is 4.43. The van der Waals surface area contributed by atoms with Crippen LogP contribution in [0.3, 0.4) is 0 Å². The number of fused-ring (bicyclic) bond motifs is 1. The highest BCUT2D eigenvalue weighted by molar-refractivity contribution is 6.14. The van der Waals surface area contributed by atoms with Gasteiger partial charge in [-0.15, -0.1) is 0 Å². The Bertz CT molecular complexity index is 809. The minimum atomic E-state index is -0.598. The summed E-state index contributed by atoms with van der Waals surface area (Å²) in [4.78, 5) is 25.0. The monoisotopic (exact) mass is 329 g/mol. The summed E-state index contributed by atoms with van der Waals surface area (Å²) >= 11 is 0. The van der Waals surface area contributed by atoms with Gasteiger partial charge in [-0.3, -0.25) is 10.1 Å². The van der Waals surface area contributed by atoms with Crippen molar-refractivity contribution in [1.82, 2.24) is 10.6 Å². The smallest absolute Gasteiger partial charge is 0.326 e. The number of nitrogens with one attached hydrogen (secondary N) is 2. The van der Waals surface area contributed by atoms with Gasteiger partial charge in [0, 0.05) is 23.4 Å². The van der Waals surface area contributed by atoms with E-state index in [1.807, 2.05) is 13.8 Å². The Hall–Kier alpha value is -2.63. The number of benzene rings is 1. The van der Waals surface area contributed by atoms with Gasteiger partial charge < -0.3 is 10.2 Å². The zero-order valence-corrected chi connectivity index (χ0v) is 14.2. The van der Waals surface area contributed by atoms with E-state index in [2.05, 4.69) is 35.5 Å². The molecule has 0 bridgehead atoms. The maximum absolute atomic E-state index is 14.6. The van der Waals surface area contributed by atoms with Gasteiger partial charge in [-0.2, -0.15) is 0 Å². The quantitative estimate of drug-likeness (QED) is 0.648. The number of carbonyl (C=O) groups is 2. The van der Waals surface area contributed by atoms with Crippen LogP contribution >= 0.6 is 0 Å². The van der Waals surface area contributed by atoms with Crippen molar-refractivity contribution < 1.29 is 14.0 Å². The minimum absolute atomic E-state index is 0.0453. The molecule has 3 amide bonds. The number of amides is 3. The van der Waals surface area contributed by atoms with Crippen LogP contribution < -0.4 is 15.5 Å². The fourth-order valence-electron chi connectivity index (χ4n) is 3.44. The van der Waals surface area contributed by atoms with Gasteiger partial charge >= 0.3 is 6.03 Å². The summed E-state index contributed by atoms with van der Waals surface area (Å²) in [7, 11) is 0. The van der Waals surface area contributed by atoms with Gasteiger partial charge in [-0.25, -0.2) is 9.18 Å². The third kappa shape index (κ3) is 2.58. The Morgan fingerprint density at radius 2 is 1.96 bits per heavy atom. The Morgan fingerprint density at radius 1 is 1.25 bits per heavy atom. The Kier molecular flexibility index (Phi) is 3.70. The molecule has 1 aromatic carbocycles. The summed E-state index contributed by atoms with van der Waals surface area (Å²) in [6.07, 6.45) is 3.51. The number of anilines is 1. The Labute approximate surface area is 140 Å². The van der Waals surface area contributed by atoms with Gasteiger partial charge in [0.15, 0.2) is 0 Å². The van der Waals surface area contributed by atoms with E-state index in [1.54, 1.807) is 6.07 Å². The fourth-order valence-corrected chi connectivity index (χ4v) is 3.44. The number of nitrogens with zero attached hydrogens (tertiary/aromatic N) is 1. The van der Waals surface area contributed by atoms with Crippen molar-refractivity contribution in [2.75, 3.05) is 11.4 Å². The average molecular weight is 329 g/mol. The molecule has 126 valence electrons. The maximum Gasteiger partial charge on any atom is 0.326 e. The van der Waals surface area contributed by atoms with Crippen LogP contribution in [-0.2, 0) is 4.79 Å². The number of hydrogen-bond donors (Lipinski definition) is 2. The lowest BCUT2D eigenvalue weighted by Crippen LogP contribution is -2.45. The number of allylic oxidation sites excluding steroid dienone is 1. The van der Waals surface area contributed by atoms with Crippen LogP contribution in [0.15, 0.2) is 23.9 Å². The highest BCUT2D eigenvalue weighted by Crippen LogP contribution is 2.40. The number of hydrogen-bond acceptors (Lipinski definition) is 3. The maximum atomic E-state index is 14.6. The van der Waals surface area contributed by atoms with E-state index in [4.69, 9.17) is 0 Å². The second-order valence-corrected chi connectivity index (χ2v) is 6.58. The number of urea groups is 1.